The van der Waals surface area contributed by atoms with Crippen LogP contribution in [0, 0.1) is 5.82 Å². The number of benzene rings is 5. The maximum Gasteiger partial charge on any atom is 0.335 e. The lowest BCUT2D eigenvalue weighted by Gasteiger charge is -2.17. The Morgan fingerprint density at radius 1 is 0.854 bits per heavy atom. The summed E-state index contributed by atoms with van der Waals surface area (Å²) in [6, 6.07) is 30.4. The average Bonchev–Trinajstić information content (AvgIpc) is 3.39. The summed E-state index contributed by atoms with van der Waals surface area (Å²) >= 11 is 0. The lowest BCUT2D eigenvalue weighted by molar-refractivity contribution is 0.0696. The van der Waals surface area contributed by atoms with Gasteiger partial charge in [-0.2, -0.15) is 5.10 Å². The summed E-state index contributed by atoms with van der Waals surface area (Å²) in [5.74, 6) is -1.54. The Kier molecular flexibility index (Phi) is 6.77. The first-order valence-corrected chi connectivity index (χ1v) is 13.2. The highest BCUT2D eigenvalue weighted by Crippen LogP contribution is 2.29. The third-order valence-electron chi connectivity index (χ3n) is 7.29. The minimum Gasteiger partial charge on any atom is -0.478 e. The summed E-state index contributed by atoms with van der Waals surface area (Å²) in [6.07, 6.45) is 1.77. The van der Waals surface area contributed by atoms with Crippen molar-refractivity contribution in [3.05, 3.63) is 137 Å². The third kappa shape index (κ3) is 5.30. The Labute approximate surface area is 235 Å². The molecule has 0 aliphatic carbocycles. The van der Waals surface area contributed by atoms with Gasteiger partial charge in [0.25, 0.3) is 5.91 Å². The number of halogens is 1. The number of nitrogens with one attached hydrogen (secondary N) is 1. The molecule has 0 fully saturated rings. The van der Waals surface area contributed by atoms with Crippen molar-refractivity contribution >= 4 is 33.6 Å². The average molecular weight is 544 g/mol. The molecule has 0 unspecified atom stereocenters. The van der Waals surface area contributed by atoms with Crippen LogP contribution in [0.2, 0.25) is 0 Å². The van der Waals surface area contributed by atoms with E-state index in [1.165, 1.54) is 24.3 Å². The first-order chi connectivity index (χ1) is 19.9. The van der Waals surface area contributed by atoms with Gasteiger partial charge in [0.05, 0.1) is 35.4 Å². The van der Waals surface area contributed by atoms with Crippen LogP contribution in [-0.2, 0) is 6.54 Å². The molecule has 6 nitrogen and oxygen atoms in total. The molecule has 2 N–H and O–H groups in total. The van der Waals surface area contributed by atoms with E-state index in [1.54, 1.807) is 24.4 Å². The van der Waals surface area contributed by atoms with Gasteiger partial charge in [-0.05, 0) is 82.4 Å². The van der Waals surface area contributed by atoms with Gasteiger partial charge in [0, 0.05) is 5.39 Å². The van der Waals surface area contributed by atoms with Gasteiger partial charge in [-0.15, -0.1) is 0 Å². The summed E-state index contributed by atoms with van der Waals surface area (Å²) < 4.78 is 15.5. The van der Waals surface area contributed by atoms with Crippen LogP contribution >= 0.6 is 0 Å². The number of rotatable bonds is 7. The number of fused-ring (bicyclic) bond motifs is 2. The van der Waals surface area contributed by atoms with Gasteiger partial charge in [-0.25, -0.2) is 9.18 Å². The smallest absolute Gasteiger partial charge is 0.335 e. The fourth-order valence-corrected chi connectivity index (χ4v) is 5.13. The van der Waals surface area contributed by atoms with Crippen molar-refractivity contribution in [1.29, 1.82) is 0 Å². The molecule has 1 aromatic heterocycles. The lowest BCUT2D eigenvalue weighted by atomic mass is 9.99. The quantitative estimate of drug-likeness (QED) is 0.222. The highest BCUT2D eigenvalue weighted by atomic mass is 19.1. The normalized spacial score (nSPS) is 12.0. The minimum atomic E-state index is -1.000. The monoisotopic (exact) mass is 543 g/mol. The van der Waals surface area contributed by atoms with E-state index in [4.69, 9.17) is 0 Å². The molecular weight excluding hydrogens is 517 g/mol. The van der Waals surface area contributed by atoms with Crippen molar-refractivity contribution in [2.45, 2.75) is 19.5 Å². The second kappa shape index (κ2) is 10.7. The number of carbonyl (C=O) groups excluding carboxylic acids is 1. The van der Waals surface area contributed by atoms with E-state index in [2.05, 4.69) is 10.4 Å². The van der Waals surface area contributed by atoms with Crippen molar-refractivity contribution in [3.8, 4) is 11.1 Å². The number of hydrogen-bond donors (Lipinski definition) is 2. The van der Waals surface area contributed by atoms with Crippen molar-refractivity contribution in [3.63, 3.8) is 0 Å². The molecule has 5 aromatic carbocycles. The zero-order valence-corrected chi connectivity index (χ0v) is 22.2. The predicted octanol–water partition coefficient (Wildman–Crippen LogP) is 7.23. The van der Waals surface area contributed by atoms with E-state index in [1.807, 2.05) is 72.3 Å². The van der Waals surface area contributed by atoms with E-state index in [-0.39, 0.29) is 23.3 Å². The summed E-state index contributed by atoms with van der Waals surface area (Å²) in [5.41, 5.74) is 5.02. The summed E-state index contributed by atoms with van der Waals surface area (Å²) in [7, 11) is 0. The van der Waals surface area contributed by atoms with Crippen molar-refractivity contribution in [2.75, 3.05) is 0 Å². The van der Waals surface area contributed by atoms with E-state index in [0.29, 0.717) is 17.6 Å². The molecule has 0 aliphatic heterocycles. The Morgan fingerprint density at radius 3 is 2.34 bits per heavy atom. The largest absolute Gasteiger partial charge is 0.478 e. The molecule has 1 atom stereocenters. The Bertz CT molecular complexity index is 1910. The van der Waals surface area contributed by atoms with Crippen LogP contribution in [-0.4, -0.2) is 26.8 Å². The highest BCUT2D eigenvalue weighted by molar-refractivity contribution is 6.07. The van der Waals surface area contributed by atoms with Crippen molar-refractivity contribution in [2.24, 2.45) is 0 Å². The number of carboxylic acids is 1. The van der Waals surface area contributed by atoms with Crippen LogP contribution < -0.4 is 5.32 Å². The first-order valence-electron chi connectivity index (χ1n) is 13.2. The maximum absolute atomic E-state index is 13.8. The highest BCUT2D eigenvalue weighted by Gasteiger charge is 2.20. The Balaban J connectivity index is 1.38. The molecule has 0 saturated carbocycles. The van der Waals surface area contributed by atoms with Crippen LogP contribution in [0.15, 0.2) is 109 Å². The lowest BCUT2D eigenvalue weighted by Crippen LogP contribution is -2.27. The molecule has 7 heteroatoms. The van der Waals surface area contributed by atoms with E-state index in [0.717, 1.165) is 38.4 Å². The summed E-state index contributed by atoms with van der Waals surface area (Å²) in [6.45, 7) is 2.29. The number of carboxylic acid groups (broad SMARTS) is 1. The fourth-order valence-electron chi connectivity index (χ4n) is 5.13. The van der Waals surface area contributed by atoms with Crippen LogP contribution in [0.5, 0.6) is 0 Å². The second-order valence-corrected chi connectivity index (χ2v) is 10.1. The maximum atomic E-state index is 13.8. The summed E-state index contributed by atoms with van der Waals surface area (Å²) in [5, 5.41) is 19.5. The molecule has 0 radical (unpaired) electrons. The second-order valence-electron chi connectivity index (χ2n) is 10.1. The molecule has 202 valence electrons. The van der Waals surface area contributed by atoms with Gasteiger partial charge in [-0.3, -0.25) is 9.48 Å². The number of aromatic nitrogens is 2. The number of aromatic carboxylic acids is 1. The van der Waals surface area contributed by atoms with Crippen LogP contribution in [0.3, 0.4) is 0 Å². The number of hydrogen-bond acceptors (Lipinski definition) is 3. The minimum absolute atomic E-state index is 0.187. The molecule has 6 aromatic rings. The van der Waals surface area contributed by atoms with Gasteiger partial charge in [0.2, 0.25) is 0 Å². The van der Waals surface area contributed by atoms with Crippen LogP contribution in [0.25, 0.3) is 32.8 Å². The number of carbonyl (C=O) groups is 2. The fraction of sp³-hybridized carbons (Fsp3) is 0.0882. The van der Waals surface area contributed by atoms with Gasteiger partial charge in [0.15, 0.2) is 0 Å². The third-order valence-corrected chi connectivity index (χ3v) is 7.29. The Morgan fingerprint density at radius 2 is 1.59 bits per heavy atom. The van der Waals surface area contributed by atoms with Crippen LogP contribution in [0.4, 0.5) is 4.39 Å². The van der Waals surface area contributed by atoms with E-state index >= 15 is 0 Å². The zero-order chi connectivity index (χ0) is 28.5. The Hall–Kier alpha value is -5.30. The molecule has 0 saturated heterocycles. The summed E-state index contributed by atoms with van der Waals surface area (Å²) in [4.78, 5) is 25.1. The van der Waals surface area contributed by atoms with Crippen molar-refractivity contribution < 1.29 is 19.1 Å². The van der Waals surface area contributed by atoms with E-state index < -0.39 is 5.97 Å². The van der Waals surface area contributed by atoms with Gasteiger partial charge in [0.1, 0.15) is 5.82 Å². The topological polar surface area (TPSA) is 84.2 Å². The predicted molar refractivity (Wildman–Crippen MR) is 157 cm³/mol. The number of amides is 1. The van der Waals surface area contributed by atoms with Crippen LogP contribution in [0.1, 0.15) is 44.8 Å². The van der Waals surface area contributed by atoms with Gasteiger partial charge in [-0.1, -0.05) is 60.7 Å². The molecule has 6 rings (SSSR count). The molecular formula is C34H26FN3O3. The molecule has 41 heavy (non-hydrogen) atoms. The molecule has 0 spiro atoms. The number of nitrogens with zero attached hydrogens (tertiary/aromatic N) is 2. The zero-order valence-electron chi connectivity index (χ0n) is 22.2. The van der Waals surface area contributed by atoms with E-state index in [9.17, 15) is 19.1 Å². The first kappa shape index (κ1) is 26.0. The van der Waals surface area contributed by atoms with Gasteiger partial charge >= 0.3 is 5.97 Å². The molecule has 1 heterocycles. The van der Waals surface area contributed by atoms with Crippen molar-refractivity contribution in [1.82, 2.24) is 15.1 Å². The van der Waals surface area contributed by atoms with Gasteiger partial charge < -0.3 is 10.4 Å². The molecule has 1 amide bonds. The molecule has 0 bridgehead atoms. The molecule has 0 aliphatic rings. The standard InChI is InChI=1S/C34H26FN3O3/c1-21(23-9-11-25(12-10-23)34(40)41)37-33(39)31-18-28(24-5-3-2-4-6-24)16-29-19-36-38(32(29)31)20-22-7-8-27-17-30(35)14-13-26(27)15-22/h2-19,21H,20H2,1H3,(H,37,39)(H,40,41)/t21-/m0/s1. The SMILES string of the molecule is C[C@H](NC(=O)c1cc(-c2ccccc2)cc2cnn(Cc3ccc4cc(F)ccc4c3)c12)c1ccc(C(=O)O)cc1.